The molecule has 3 aromatic rings. The topological polar surface area (TPSA) is 92.5 Å². The maximum atomic E-state index is 11.8. The van der Waals surface area contributed by atoms with Crippen LogP contribution in [0.1, 0.15) is 56.0 Å². The van der Waals surface area contributed by atoms with E-state index < -0.39 is 5.60 Å². The number of carbonyl (C=O) groups excluding carboxylic acids is 1. The molecule has 1 amide bonds. The largest absolute Gasteiger partial charge is 0.444 e. The molecule has 0 aliphatic carbocycles. The standard InChI is InChI=1S/C30H41N5O2/c1-22-23(2)34-28(26(31)27(22)32-18-12-13-19-33-29(36)37-30(3,4)5)35(20-24-14-8-6-9-15-24)21-25-16-10-7-11-17-25/h6-11,14-17H,12-13,18-21,31H2,1-5H3,(H,32,34)(H,33,36). The van der Waals surface area contributed by atoms with E-state index in [-0.39, 0.29) is 6.09 Å². The third-order valence-electron chi connectivity index (χ3n) is 6.01. The second-order valence-corrected chi connectivity index (χ2v) is 10.3. The fourth-order valence-electron chi connectivity index (χ4n) is 4.05. The fraction of sp³-hybridized carbons (Fsp3) is 0.400. The van der Waals surface area contributed by atoms with E-state index in [1.807, 2.05) is 46.8 Å². The highest BCUT2D eigenvalue weighted by atomic mass is 16.6. The number of nitrogen functional groups attached to an aromatic ring is 1. The Morgan fingerprint density at radius 3 is 2.00 bits per heavy atom. The summed E-state index contributed by atoms with van der Waals surface area (Å²) in [6.07, 6.45) is 1.33. The zero-order valence-electron chi connectivity index (χ0n) is 22.8. The lowest BCUT2D eigenvalue weighted by molar-refractivity contribution is 0.0527. The van der Waals surface area contributed by atoms with Crippen LogP contribution in [-0.4, -0.2) is 29.8 Å². The summed E-state index contributed by atoms with van der Waals surface area (Å²) in [5, 5.41) is 6.35. The Morgan fingerprint density at radius 2 is 1.46 bits per heavy atom. The average molecular weight is 504 g/mol. The highest BCUT2D eigenvalue weighted by Crippen LogP contribution is 2.35. The highest BCUT2D eigenvalue weighted by molar-refractivity contribution is 5.81. The number of carbonyl (C=O) groups is 1. The van der Waals surface area contributed by atoms with Crippen molar-refractivity contribution in [1.82, 2.24) is 10.3 Å². The van der Waals surface area contributed by atoms with Crippen molar-refractivity contribution in [3.63, 3.8) is 0 Å². The summed E-state index contributed by atoms with van der Waals surface area (Å²) in [5.74, 6) is 0.782. The highest BCUT2D eigenvalue weighted by Gasteiger charge is 2.19. The summed E-state index contributed by atoms with van der Waals surface area (Å²) in [4.78, 5) is 19.0. The van der Waals surface area contributed by atoms with E-state index in [1.165, 1.54) is 11.1 Å². The number of unbranched alkanes of at least 4 members (excludes halogenated alkanes) is 1. The number of hydrogen-bond acceptors (Lipinski definition) is 6. The number of benzene rings is 2. The van der Waals surface area contributed by atoms with Crippen LogP contribution in [0.5, 0.6) is 0 Å². The molecule has 4 N–H and O–H groups in total. The minimum absolute atomic E-state index is 0.383. The van der Waals surface area contributed by atoms with E-state index in [0.717, 1.165) is 42.1 Å². The third-order valence-corrected chi connectivity index (χ3v) is 6.01. The van der Waals surface area contributed by atoms with Crippen molar-refractivity contribution in [2.75, 3.05) is 29.0 Å². The second-order valence-electron chi connectivity index (χ2n) is 10.3. The lowest BCUT2D eigenvalue weighted by atomic mass is 10.1. The number of nitrogens with zero attached hydrogens (tertiary/aromatic N) is 2. The number of aryl methyl sites for hydroxylation is 1. The molecule has 0 spiro atoms. The molecule has 0 saturated carbocycles. The predicted molar refractivity (Wildman–Crippen MR) is 153 cm³/mol. The van der Waals surface area contributed by atoms with Gasteiger partial charge >= 0.3 is 6.09 Å². The Kier molecular flexibility index (Phi) is 9.78. The van der Waals surface area contributed by atoms with E-state index in [9.17, 15) is 4.79 Å². The summed E-state index contributed by atoms with van der Waals surface area (Å²) in [6, 6.07) is 20.8. The number of alkyl carbamates (subject to hydrolysis) is 1. The number of pyridine rings is 1. The molecular weight excluding hydrogens is 462 g/mol. The van der Waals surface area contributed by atoms with Crippen molar-refractivity contribution >= 4 is 23.3 Å². The molecule has 2 aromatic carbocycles. The Hall–Kier alpha value is -3.74. The van der Waals surface area contributed by atoms with Gasteiger partial charge in [-0.1, -0.05) is 60.7 Å². The van der Waals surface area contributed by atoms with Gasteiger partial charge in [-0.05, 0) is 64.2 Å². The number of ether oxygens (including phenoxy) is 1. The van der Waals surface area contributed by atoms with Crippen LogP contribution in [0.2, 0.25) is 0 Å². The van der Waals surface area contributed by atoms with E-state index in [0.29, 0.717) is 25.3 Å². The lowest BCUT2D eigenvalue weighted by Gasteiger charge is -2.28. The van der Waals surface area contributed by atoms with Crippen molar-refractivity contribution in [3.05, 3.63) is 83.0 Å². The number of nitrogens with two attached hydrogens (primary N) is 1. The first-order chi connectivity index (χ1) is 17.6. The minimum atomic E-state index is -0.494. The number of hydrogen-bond donors (Lipinski definition) is 3. The van der Waals surface area contributed by atoms with Gasteiger partial charge in [0.2, 0.25) is 0 Å². The normalized spacial score (nSPS) is 11.2. The molecule has 0 saturated heterocycles. The van der Waals surface area contributed by atoms with E-state index in [1.54, 1.807) is 0 Å². The van der Waals surface area contributed by atoms with E-state index >= 15 is 0 Å². The van der Waals surface area contributed by atoms with Crippen LogP contribution in [-0.2, 0) is 17.8 Å². The van der Waals surface area contributed by atoms with Crippen LogP contribution in [0.4, 0.5) is 22.0 Å². The molecule has 0 atom stereocenters. The van der Waals surface area contributed by atoms with Gasteiger partial charge in [-0.25, -0.2) is 9.78 Å². The molecule has 0 fully saturated rings. The molecule has 0 radical (unpaired) electrons. The van der Waals surface area contributed by atoms with Gasteiger partial charge in [-0.15, -0.1) is 0 Å². The van der Waals surface area contributed by atoms with Gasteiger partial charge in [0.1, 0.15) is 5.60 Å². The van der Waals surface area contributed by atoms with Crippen molar-refractivity contribution in [2.24, 2.45) is 0 Å². The number of nitrogens with one attached hydrogen (secondary N) is 2. The Morgan fingerprint density at radius 1 is 0.919 bits per heavy atom. The summed E-state index contributed by atoms with van der Waals surface area (Å²) < 4.78 is 5.29. The summed E-state index contributed by atoms with van der Waals surface area (Å²) in [7, 11) is 0. The van der Waals surface area contributed by atoms with Crippen molar-refractivity contribution in [3.8, 4) is 0 Å². The molecule has 7 nitrogen and oxygen atoms in total. The molecule has 1 aromatic heterocycles. The Balaban J connectivity index is 1.71. The molecule has 0 unspecified atom stereocenters. The molecule has 0 aliphatic heterocycles. The van der Waals surface area contributed by atoms with Gasteiger partial charge in [0.25, 0.3) is 0 Å². The van der Waals surface area contributed by atoms with Crippen LogP contribution < -0.4 is 21.3 Å². The number of aromatic nitrogens is 1. The zero-order valence-corrected chi connectivity index (χ0v) is 22.8. The number of anilines is 3. The quantitative estimate of drug-likeness (QED) is 0.270. The first-order valence-corrected chi connectivity index (χ1v) is 12.9. The van der Waals surface area contributed by atoms with Crippen LogP contribution >= 0.6 is 0 Å². The summed E-state index contributed by atoms with van der Waals surface area (Å²) in [6.45, 7) is 12.3. The van der Waals surface area contributed by atoms with Gasteiger partial charge in [0.15, 0.2) is 5.82 Å². The van der Waals surface area contributed by atoms with Crippen LogP contribution in [0, 0.1) is 13.8 Å². The van der Waals surface area contributed by atoms with Gasteiger partial charge in [-0.2, -0.15) is 0 Å². The van der Waals surface area contributed by atoms with Crippen LogP contribution in [0.3, 0.4) is 0 Å². The van der Waals surface area contributed by atoms with Gasteiger partial charge < -0.3 is 26.0 Å². The molecule has 7 heteroatoms. The zero-order chi connectivity index (χ0) is 26.8. The van der Waals surface area contributed by atoms with E-state index in [4.69, 9.17) is 15.5 Å². The molecule has 198 valence electrons. The third kappa shape index (κ3) is 8.70. The molecule has 3 rings (SSSR count). The van der Waals surface area contributed by atoms with Crippen molar-refractivity contribution < 1.29 is 9.53 Å². The first kappa shape index (κ1) is 27.8. The Labute approximate surface area is 221 Å². The maximum Gasteiger partial charge on any atom is 0.407 e. The van der Waals surface area contributed by atoms with Gasteiger partial charge in [0.05, 0.1) is 11.4 Å². The molecule has 0 aliphatic rings. The number of amides is 1. The second kappa shape index (κ2) is 13.0. The molecular formula is C30H41N5O2. The maximum absolute atomic E-state index is 11.8. The monoisotopic (exact) mass is 503 g/mol. The lowest BCUT2D eigenvalue weighted by Crippen LogP contribution is -2.33. The smallest absolute Gasteiger partial charge is 0.407 e. The minimum Gasteiger partial charge on any atom is -0.444 e. The molecule has 37 heavy (non-hydrogen) atoms. The predicted octanol–water partition coefficient (Wildman–Crippen LogP) is 6.20. The summed E-state index contributed by atoms with van der Waals surface area (Å²) in [5.41, 5.74) is 12.2. The van der Waals surface area contributed by atoms with Crippen LogP contribution in [0.15, 0.2) is 60.7 Å². The van der Waals surface area contributed by atoms with Gasteiger partial charge in [-0.3, -0.25) is 0 Å². The molecule has 0 bridgehead atoms. The van der Waals surface area contributed by atoms with E-state index in [2.05, 4.69) is 64.1 Å². The average Bonchev–Trinajstić information content (AvgIpc) is 2.85. The fourth-order valence-corrected chi connectivity index (χ4v) is 4.05. The first-order valence-electron chi connectivity index (χ1n) is 12.9. The SMILES string of the molecule is Cc1nc(N(Cc2ccccc2)Cc2ccccc2)c(N)c(NCCCCNC(=O)OC(C)(C)C)c1C. The summed E-state index contributed by atoms with van der Waals surface area (Å²) >= 11 is 0. The number of rotatable bonds is 11. The van der Waals surface area contributed by atoms with Crippen molar-refractivity contribution in [2.45, 2.75) is 66.2 Å². The van der Waals surface area contributed by atoms with Crippen molar-refractivity contribution in [1.29, 1.82) is 0 Å². The Bertz CT molecular complexity index is 1100. The molecule has 1 heterocycles. The van der Waals surface area contributed by atoms with Crippen LogP contribution in [0.25, 0.3) is 0 Å². The van der Waals surface area contributed by atoms with Gasteiger partial charge in [0, 0.05) is 31.9 Å².